The van der Waals surface area contributed by atoms with E-state index in [0.29, 0.717) is 12.0 Å². The van der Waals surface area contributed by atoms with Gasteiger partial charge in [0.1, 0.15) is 0 Å². The van der Waals surface area contributed by atoms with Crippen LogP contribution in [0, 0.1) is 6.92 Å². The van der Waals surface area contributed by atoms with Crippen LogP contribution in [0.3, 0.4) is 0 Å². The van der Waals surface area contributed by atoms with E-state index in [-0.39, 0.29) is 18.2 Å². The fourth-order valence-corrected chi connectivity index (χ4v) is 2.47. The molecule has 0 aliphatic carbocycles. The number of carbonyl (C=O) groups excluding carboxylic acids is 2. The van der Waals surface area contributed by atoms with Crippen molar-refractivity contribution in [2.24, 2.45) is 0 Å². The number of likely N-dealkylation sites (tertiary alicyclic amines) is 1. The van der Waals surface area contributed by atoms with E-state index in [0.717, 1.165) is 37.8 Å². The Morgan fingerprint density at radius 1 is 1.21 bits per heavy atom. The molecule has 102 valence electrons. The lowest BCUT2D eigenvalue weighted by Gasteiger charge is -2.24. The summed E-state index contributed by atoms with van der Waals surface area (Å²) in [5, 5.41) is 0. The number of hydrogen-bond donors (Lipinski definition) is 0. The van der Waals surface area contributed by atoms with Gasteiger partial charge in [0.15, 0.2) is 5.78 Å². The van der Waals surface area contributed by atoms with Crippen molar-refractivity contribution in [1.29, 1.82) is 0 Å². The molecule has 2 rings (SSSR count). The van der Waals surface area contributed by atoms with Gasteiger partial charge in [-0.2, -0.15) is 0 Å². The first-order chi connectivity index (χ1) is 9.16. The molecule has 1 aliphatic heterocycles. The van der Waals surface area contributed by atoms with Gasteiger partial charge >= 0.3 is 0 Å². The van der Waals surface area contributed by atoms with Crippen molar-refractivity contribution in [3.8, 4) is 0 Å². The van der Waals surface area contributed by atoms with Gasteiger partial charge in [-0.05, 0) is 25.8 Å². The summed E-state index contributed by atoms with van der Waals surface area (Å²) in [7, 11) is 0. The molecule has 1 aromatic rings. The molecule has 1 aromatic carbocycles. The largest absolute Gasteiger partial charge is 0.335 e. The van der Waals surface area contributed by atoms with E-state index in [2.05, 4.69) is 0 Å². The van der Waals surface area contributed by atoms with E-state index in [1.165, 1.54) is 0 Å². The monoisotopic (exact) mass is 259 g/mol. The molecule has 1 heterocycles. The van der Waals surface area contributed by atoms with Crippen molar-refractivity contribution < 1.29 is 9.59 Å². The maximum absolute atomic E-state index is 12.2. The second kappa shape index (κ2) is 6.50. The van der Waals surface area contributed by atoms with Crippen LogP contribution in [0.2, 0.25) is 0 Å². The summed E-state index contributed by atoms with van der Waals surface area (Å²) in [4.78, 5) is 25.9. The molecule has 1 amide bonds. The molecule has 0 unspecified atom stereocenters. The topological polar surface area (TPSA) is 37.4 Å². The Balaban J connectivity index is 2.02. The number of amides is 1. The average molecular weight is 259 g/mol. The lowest BCUT2D eigenvalue weighted by molar-refractivity contribution is -0.131. The zero-order valence-electron chi connectivity index (χ0n) is 11.5. The minimum atomic E-state index is 0.0395. The summed E-state index contributed by atoms with van der Waals surface area (Å²) >= 11 is 0. The molecule has 1 saturated heterocycles. The molecule has 0 N–H and O–H groups in total. The van der Waals surface area contributed by atoms with E-state index >= 15 is 0 Å². The maximum atomic E-state index is 12.2. The first-order valence-corrected chi connectivity index (χ1v) is 7.04. The Morgan fingerprint density at radius 3 is 2.79 bits per heavy atom. The number of rotatable bonds is 3. The number of aryl methyl sites for hydroxylation is 1. The predicted molar refractivity (Wildman–Crippen MR) is 75.2 cm³/mol. The average Bonchev–Trinajstić information content (AvgIpc) is 2.38. The smallest absolute Gasteiger partial charge is 0.222 e. The lowest BCUT2D eigenvalue weighted by Crippen LogP contribution is -2.37. The number of Topliss-reactive ketones (excluding diaryl/α,β-unsaturated/α-hetero) is 1. The molecule has 0 spiro atoms. The quantitative estimate of drug-likeness (QED) is 0.783. The first-order valence-electron chi connectivity index (χ1n) is 7.04. The van der Waals surface area contributed by atoms with Crippen molar-refractivity contribution >= 4 is 11.7 Å². The Hall–Kier alpha value is -1.64. The van der Waals surface area contributed by atoms with Crippen LogP contribution in [0.25, 0.3) is 0 Å². The Bertz CT molecular complexity index is 468. The fraction of sp³-hybridized carbons (Fsp3) is 0.500. The molecule has 3 heteroatoms. The molecule has 0 bridgehead atoms. The molecule has 0 saturated carbocycles. The highest BCUT2D eigenvalue weighted by Crippen LogP contribution is 2.13. The van der Waals surface area contributed by atoms with Crippen LogP contribution >= 0.6 is 0 Å². The van der Waals surface area contributed by atoms with Crippen molar-refractivity contribution in [1.82, 2.24) is 4.90 Å². The zero-order valence-corrected chi connectivity index (χ0v) is 11.5. The summed E-state index contributed by atoms with van der Waals surface area (Å²) in [6.07, 6.45) is 4.83. The van der Waals surface area contributed by atoms with Gasteiger partial charge in [0.05, 0.1) is 6.54 Å². The highest BCUT2D eigenvalue weighted by Gasteiger charge is 2.19. The summed E-state index contributed by atoms with van der Waals surface area (Å²) in [6.45, 7) is 2.91. The van der Waals surface area contributed by atoms with Gasteiger partial charge in [0, 0.05) is 18.5 Å². The third kappa shape index (κ3) is 3.91. The van der Waals surface area contributed by atoms with Crippen LogP contribution in [0.4, 0.5) is 0 Å². The maximum Gasteiger partial charge on any atom is 0.222 e. The summed E-state index contributed by atoms with van der Waals surface area (Å²) in [5.41, 5.74) is 1.78. The molecule has 1 aliphatic rings. The minimum absolute atomic E-state index is 0.0395. The molecular weight excluding hydrogens is 238 g/mol. The van der Waals surface area contributed by atoms with Crippen molar-refractivity contribution in [2.75, 3.05) is 13.1 Å². The van der Waals surface area contributed by atoms with Crippen LogP contribution in [0.1, 0.15) is 48.0 Å². The SMILES string of the molecule is Cc1cccc(C(=O)CN2CCCCCCC2=O)c1. The Labute approximate surface area is 114 Å². The summed E-state index contributed by atoms with van der Waals surface area (Å²) < 4.78 is 0. The van der Waals surface area contributed by atoms with Gasteiger partial charge in [-0.15, -0.1) is 0 Å². The van der Waals surface area contributed by atoms with Crippen LogP contribution in [0.5, 0.6) is 0 Å². The van der Waals surface area contributed by atoms with Gasteiger partial charge < -0.3 is 4.90 Å². The van der Waals surface area contributed by atoms with Crippen molar-refractivity contribution in [3.63, 3.8) is 0 Å². The molecule has 19 heavy (non-hydrogen) atoms. The van der Waals surface area contributed by atoms with E-state index in [1.54, 1.807) is 4.90 Å². The van der Waals surface area contributed by atoms with E-state index in [9.17, 15) is 9.59 Å². The number of nitrogens with zero attached hydrogens (tertiary/aromatic N) is 1. The lowest BCUT2D eigenvalue weighted by atomic mass is 10.1. The van der Waals surface area contributed by atoms with Gasteiger partial charge in [0.2, 0.25) is 5.91 Å². The zero-order chi connectivity index (χ0) is 13.7. The van der Waals surface area contributed by atoms with Gasteiger partial charge in [-0.3, -0.25) is 9.59 Å². The standard InChI is InChI=1S/C16H21NO2/c1-13-7-6-8-14(11-13)15(18)12-17-10-5-3-2-4-9-16(17)19/h6-8,11H,2-5,9-10,12H2,1H3. The second-order valence-electron chi connectivity index (χ2n) is 5.27. The van der Waals surface area contributed by atoms with E-state index in [1.807, 2.05) is 31.2 Å². The number of benzene rings is 1. The van der Waals surface area contributed by atoms with Crippen LogP contribution < -0.4 is 0 Å². The first kappa shape index (κ1) is 13.8. The predicted octanol–water partition coefficient (Wildman–Crippen LogP) is 2.97. The van der Waals surface area contributed by atoms with Gasteiger partial charge in [-0.1, -0.05) is 36.6 Å². The highest BCUT2D eigenvalue weighted by molar-refractivity contribution is 5.99. The molecule has 3 nitrogen and oxygen atoms in total. The molecule has 1 fully saturated rings. The summed E-state index contributed by atoms with van der Waals surface area (Å²) in [5.74, 6) is 0.165. The van der Waals surface area contributed by atoms with E-state index in [4.69, 9.17) is 0 Å². The van der Waals surface area contributed by atoms with Crippen LogP contribution in [-0.2, 0) is 4.79 Å². The van der Waals surface area contributed by atoms with Crippen molar-refractivity contribution in [2.45, 2.75) is 39.0 Å². The third-order valence-corrected chi connectivity index (χ3v) is 3.60. The molecule has 0 atom stereocenters. The van der Waals surface area contributed by atoms with Crippen LogP contribution in [0.15, 0.2) is 24.3 Å². The van der Waals surface area contributed by atoms with E-state index < -0.39 is 0 Å². The van der Waals surface area contributed by atoms with Gasteiger partial charge in [-0.25, -0.2) is 0 Å². The molecule has 0 radical (unpaired) electrons. The molecular formula is C16H21NO2. The highest BCUT2D eigenvalue weighted by atomic mass is 16.2. The Kier molecular flexibility index (Phi) is 4.72. The number of hydrogen-bond acceptors (Lipinski definition) is 2. The number of carbonyl (C=O) groups is 2. The fourth-order valence-electron chi connectivity index (χ4n) is 2.47. The van der Waals surface area contributed by atoms with Crippen LogP contribution in [-0.4, -0.2) is 29.7 Å². The van der Waals surface area contributed by atoms with Crippen molar-refractivity contribution in [3.05, 3.63) is 35.4 Å². The Morgan fingerprint density at radius 2 is 2.00 bits per heavy atom. The second-order valence-corrected chi connectivity index (χ2v) is 5.27. The van der Waals surface area contributed by atoms with Gasteiger partial charge in [0.25, 0.3) is 0 Å². The minimum Gasteiger partial charge on any atom is -0.335 e. The third-order valence-electron chi connectivity index (χ3n) is 3.60. The summed E-state index contributed by atoms with van der Waals surface area (Å²) in [6, 6.07) is 7.57. The molecule has 0 aromatic heterocycles. The normalized spacial score (nSPS) is 16.9. The number of ketones is 1.